The second-order valence-corrected chi connectivity index (χ2v) is 5.68. The van der Waals surface area contributed by atoms with E-state index in [1.165, 1.54) is 0 Å². The van der Waals surface area contributed by atoms with Gasteiger partial charge in [0.1, 0.15) is 5.57 Å². The number of aliphatic hydroxyl groups is 1. The van der Waals surface area contributed by atoms with Crippen molar-refractivity contribution in [2.75, 3.05) is 0 Å². The van der Waals surface area contributed by atoms with Crippen LogP contribution in [0.4, 0.5) is 0 Å². The molecule has 2 rings (SSSR count). The number of ketones is 1. The van der Waals surface area contributed by atoms with E-state index in [0.29, 0.717) is 11.1 Å². The molecule has 0 saturated carbocycles. The van der Waals surface area contributed by atoms with Gasteiger partial charge in [-0.25, -0.2) is 0 Å². The molecule has 1 aliphatic rings. The maximum Gasteiger partial charge on any atom is 0.218 e. The summed E-state index contributed by atoms with van der Waals surface area (Å²) in [6.07, 6.45) is 2.67. The molecule has 3 heteroatoms. The first-order valence-electron chi connectivity index (χ1n) is 7.74. The molecular formula is C19H22O3. The molecule has 0 amide bonds. The lowest BCUT2D eigenvalue weighted by molar-refractivity contribution is -0.142. The van der Waals surface area contributed by atoms with Gasteiger partial charge in [0, 0.05) is 6.42 Å². The van der Waals surface area contributed by atoms with Crippen molar-refractivity contribution in [3.05, 3.63) is 47.2 Å². The van der Waals surface area contributed by atoms with Crippen molar-refractivity contribution in [2.24, 2.45) is 0 Å². The molecule has 0 aliphatic heterocycles. The van der Waals surface area contributed by atoms with Crippen LogP contribution in [-0.2, 0) is 15.1 Å². The molecule has 0 heterocycles. The van der Waals surface area contributed by atoms with Crippen LogP contribution >= 0.6 is 0 Å². The quantitative estimate of drug-likeness (QED) is 0.670. The van der Waals surface area contributed by atoms with Gasteiger partial charge in [0.05, 0.1) is 6.10 Å². The minimum absolute atomic E-state index is 0.134. The summed E-state index contributed by atoms with van der Waals surface area (Å²) in [5.74, 6) is 5.77. The Morgan fingerprint density at radius 3 is 2.55 bits per heavy atom. The first-order chi connectivity index (χ1) is 10.5. The summed E-state index contributed by atoms with van der Waals surface area (Å²) in [5.41, 5.74) is -0.869. The molecule has 1 unspecified atom stereocenters. The Bertz CT molecular complexity index is 632. The fourth-order valence-electron chi connectivity index (χ4n) is 2.36. The van der Waals surface area contributed by atoms with E-state index in [0.717, 1.165) is 19.3 Å². The number of benzene rings is 1. The van der Waals surface area contributed by atoms with Crippen molar-refractivity contribution >= 4 is 5.78 Å². The van der Waals surface area contributed by atoms with Crippen molar-refractivity contribution < 1.29 is 14.6 Å². The summed E-state index contributed by atoms with van der Waals surface area (Å²) >= 11 is 0. The van der Waals surface area contributed by atoms with Crippen molar-refractivity contribution in [1.82, 2.24) is 0 Å². The highest BCUT2D eigenvalue weighted by Crippen LogP contribution is 2.44. The summed E-state index contributed by atoms with van der Waals surface area (Å²) in [6, 6.07) is 8.87. The third-order valence-corrected chi connectivity index (χ3v) is 3.53. The molecule has 0 radical (unpaired) electrons. The van der Waals surface area contributed by atoms with Crippen molar-refractivity contribution in [3.63, 3.8) is 0 Å². The molecule has 22 heavy (non-hydrogen) atoms. The Balaban J connectivity index is 2.38. The largest absolute Gasteiger partial charge is 0.490 e. The fraction of sp³-hybridized carbons (Fsp3) is 0.421. The monoisotopic (exact) mass is 298 g/mol. The van der Waals surface area contributed by atoms with Crippen LogP contribution < -0.4 is 0 Å². The van der Waals surface area contributed by atoms with Gasteiger partial charge >= 0.3 is 0 Å². The molecule has 0 aromatic heterocycles. The Morgan fingerprint density at radius 2 is 1.95 bits per heavy atom. The van der Waals surface area contributed by atoms with Crippen LogP contribution in [-0.4, -0.2) is 17.0 Å². The molecule has 1 aromatic carbocycles. The molecule has 0 spiro atoms. The van der Waals surface area contributed by atoms with Crippen LogP contribution in [0.25, 0.3) is 0 Å². The first-order valence-corrected chi connectivity index (χ1v) is 7.74. The summed E-state index contributed by atoms with van der Waals surface area (Å²) in [6.45, 7) is 5.82. The minimum atomic E-state index is -1.69. The zero-order valence-electron chi connectivity index (χ0n) is 13.3. The third kappa shape index (κ3) is 2.93. The van der Waals surface area contributed by atoms with Crippen LogP contribution in [0.3, 0.4) is 0 Å². The maximum atomic E-state index is 12.4. The van der Waals surface area contributed by atoms with E-state index in [-0.39, 0.29) is 17.6 Å². The summed E-state index contributed by atoms with van der Waals surface area (Å²) in [7, 11) is 0. The molecule has 116 valence electrons. The lowest BCUT2D eigenvalue weighted by Gasteiger charge is -2.38. The lowest BCUT2D eigenvalue weighted by Crippen LogP contribution is -2.49. The maximum absolute atomic E-state index is 12.4. The van der Waals surface area contributed by atoms with Gasteiger partial charge in [-0.2, -0.15) is 0 Å². The average molecular weight is 298 g/mol. The first kappa shape index (κ1) is 16.3. The number of hydrogen-bond acceptors (Lipinski definition) is 3. The third-order valence-electron chi connectivity index (χ3n) is 3.53. The fourth-order valence-corrected chi connectivity index (χ4v) is 2.36. The predicted octanol–water partition coefficient (Wildman–Crippen LogP) is 3.33. The number of carbonyl (C=O) groups excluding carboxylic acids is 1. The van der Waals surface area contributed by atoms with Crippen molar-refractivity contribution in [3.8, 4) is 11.8 Å². The van der Waals surface area contributed by atoms with E-state index in [2.05, 4.69) is 18.8 Å². The normalized spacial score (nSPS) is 20.5. The average Bonchev–Trinajstić information content (AvgIpc) is 2.53. The van der Waals surface area contributed by atoms with Crippen molar-refractivity contribution in [2.45, 2.75) is 51.7 Å². The minimum Gasteiger partial charge on any atom is -0.490 e. The van der Waals surface area contributed by atoms with Gasteiger partial charge in [-0.15, -0.1) is 0 Å². The second-order valence-electron chi connectivity index (χ2n) is 5.68. The lowest BCUT2D eigenvalue weighted by atomic mass is 9.73. The van der Waals surface area contributed by atoms with Gasteiger partial charge in [0.2, 0.25) is 11.4 Å². The van der Waals surface area contributed by atoms with Crippen LogP contribution in [0.5, 0.6) is 0 Å². The summed E-state index contributed by atoms with van der Waals surface area (Å²) in [4.78, 5) is 12.4. The van der Waals surface area contributed by atoms with E-state index in [4.69, 9.17) is 4.74 Å². The summed E-state index contributed by atoms with van der Waals surface area (Å²) < 4.78 is 5.70. The van der Waals surface area contributed by atoms with Gasteiger partial charge in [-0.3, -0.25) is 4.79 Å². The molecule has 1 aromatic rings. The van der Waals surface area contributed by atoms with Crippen molar-refractivity contribution in [1.29, 1.82) is 0 Å². The number of unbranched alkanes of at least 4 members (excludes halogenated alkanes) is 2. The zero-order chi connectivity index (χ0) is 16.2. The topological polar surface area (TPSA) is 46.5 Å². The number of hydrogen-bond donors (Lipinski definition) is 1. The van der Waals surface area contributed by atoms with Gasteiger partial charge in [0.15, 0.2) is 5.76 Å². The Labute approximate surface area is 132 Å². The van der Waals surface area contributed by atoms with E-state index in [1.54, 1.807) is 24.3 Å². The van der Waals surface area contributed by atoms with E-state index >= 15 is 0 Å². The molecule has 0 bridgehead atoms. The molecule has 0 fully saturated rings. The van der Waals surface area contributed by atoms with E-state index in [1.807, 2.05) is 19.9 Å². The standard InChI is InChI=1S/C19H22O3/c1-4-5-6-10-13-16-17(20)19(21,18(16)22-14(2)3)15-11-8-7-9-12-15/h7-9,11-12,14,21H,4-6H2,1-3H3. The summed E-state index contributed by atoms with van der Waals surface area (Å²) in [5, 5.41) is 10.8. The SMILES string of the molecule is CCCCC#CC1=C(OC(C)C)C(O)(c2ccccc2)C1=O. The van der Waals surface area contributed by atoms with E-state index in [9.17, 15) is 9.90 Å². The molecule has 3 nitrogen and oxygen atoms in total. The highest BCUT2D eigenvalue weighted by Gasteiger charge is 2.56. The molecule has 0 saturated heterocycles. The Hall–Kier alpha value is -2.05. The number of carbonyl (C=O) groups is 1. The van der Waals surface area contributed by atoms with Crippen LogP contribution in [0, 0.1) is 11.8 Å². The number of ether oxygens (including phenoxy) is 1. The Morgan fingerprint density at radius 1 is 1.27 bits per heavy atom. The molecule has 1 N–H and O–H groups in total. The van der Waals surface area contributed by atoms with E-state index < -0.39 is 5.60 Å². The highest BCUT2D eigenvalue weighted by atomic mass is 16.5. The van der Waals surface area contributed by atoms with Crippen LogP contribution in [0.15, 0.2) is 41.7 Å². The number of Topliss-reactive ketones (excluding diaryl/α,β-unsaturated/α-hetero) is 1. The Kier molecular flexibility index (Phi) is 5.05. The second kappa shape index (κ2) is 6.81. The molecule has 1 aliphatic carbocycles. The van der Waals surface area contributed by atoms with Gasteiger partial charge in [-0.1, -0.05) is 55.5 Å². The van der Waals surface area contributed by atoms with Crippen LogP contribution in [0.1, 0.15) is 45.6 Å². The smallest absolute Gasteiger partial charge is 0.218 e. The van der Waals surface area contributed by atoms with Gasteiger partial charge < -0.3 is 9.84 Å². The number of rotatable bonds is 5. The molecular weight excluding hydrogens is 276 g/mol. The van der Waals surface area contributed by atoms with Gasteiger partial charge in [-0.05, 0) is 25.8 Å². The predicted molar refractivity (Wildman–Crippen MR) is 85.9 cm³/mol. The zero-order valence-corrected chi connectivity index (χ0v) is 13.3. The molecule has 1 atom stereocenters. The van der Waals surface area contributed by atoms with Gasteiger partial charge in [0.25, 0.3) is 0 Å². The van der Waals surface area contributed by atoms with Crippen LogP contribution in [0.2, 0.25) is 0 Å². The highest BCUT2D eigenvalue weighted by molar-refractivity contribution is 6.15.